The van der Waals surface area contributed by atoms with Crippen LogP contribution in [0.25, 0.3) is 16.7 Å². The van der Waals surface area contributed by atoms with Gasteiger partial charge in [-0.25, -0.2) is 14.3 Å². The summed E-state index contributed by atoms with van der Waals surface area (Å²) >= 11 is 0. The third-order valence-electron chi connectivity index (χ3n) is 4.50. The molecule has 0 saturated heterocycles. The Morgan fingerprint density at radius 2 is 2.00 bits per heavy atom. The zero-order chi connectivity index (χ0) is 18.6. The average Bonchev–Trinajstić information content (AvgIpc) is 2.58. The van der Waals surface area contributed by atoms with E-state index in [1.54, 1.807) is 37.2 Å². The largest absolute Gasteiger partial charge is 0.433 e. The molecule has 0 atom stereocenters. The molecule has 26 heavy (non-hydrogen) atoms. The molecule has 1 aliphatic heterocycles. The second-order valence-electron chi connectivity index (χ2n) is 6.20. The molecule has 6 nitrogen and oxygen atoms in total. The van der Waals surface area contributed by atoms with Crippen LogP contribution in [0.15, 0.2) is 29.2 Å². The van der Waals surface area contributed by atoms with Crippen LogP contribution in [0.2, 0.25) is 0 Å². The highest BCUT2D eigenvalue weighted by Crippen LogP contribution is 2.36. The fraction of sp³-hybridized carbons (Fsp3) is 0.294. The number of anilines is 1. The SMILES string of the molecule is Cc1ncccc1-n1c(=O)nc2c3c(cc(C(F)(F)F)nc31)CCN2C. The molecule has 0 bridgehead atoms. The number of halogens is 3. The van der Waals surface area contributed by atoms with Gasteiger partial charge in [0, 0.05) is 19.8 Å². The minimum Gasteiger partial charge on any atom is -0.359 e. The first kappa shape index (κ1) is 16.5. The van der Waals surface area contributed by atoms with Gasteiger partial charge in [-0.15, -0.1) is 0 Å². The maximum Gasteiger partial charge on any atom is 0.433 e. The van der Waals surface area contributed by atoms with E-state index in [9.17, 15) is 18.0 Å². The minimum atomic E-state index is -4.61. The van der Waals surface area contributed by atoms with Crippen molar-refractivity contribution in [3.8, 4) is 5.69 Å². The highest BCUT2D eigenvalue weighted by Gasteiger charge is 2.35. The van der Waals surface area contributed by atoms with Crippen LogP contribution < -0.4 is 10.6 Å². The minimum absolute atomic E-state index is 0.0486. The van der Waals surface area contributed by atoms with Crippen molar-refractivity contribution in [2.45, 2.75) is 19.5 Å². The third-order valence-corrected chi connectivity index (χ3v) is 4.50. The fourth-order valence-electron chi connectivity index (χ4n) is 3.22. The summed E-state index contributed by atoms with van der Waals surface area (Å²) in [5, 5.41) is 0.467. The molecule has 3 aromatic heterocycles. The lowest BCUT2D eigenvalue weighted by Crippen LogP contribution is -2.33. The summed E-state index contributed by atoms with van der Waals surface area (Å²) in [6.45, 7) is 2.15. The molecule has 4 rings (SSSR count). The van der Waals surface area contributed by atoms with Gasteiger partial charge in [0.15, 0.2) is 5.65 Å². The van der Waals surface area contributed by atoms with Crippen LogP contribution in [0.4, 0.5) is 19.0 Å². The molecule has 0 spiro atoms. The maximum absolute atomic E-state index is 13.4. The Kier molecular flexibility index (Phi) is 3.50. The Labute approximate surface area is 145 Å². The lowest BCUT2D eigenvalue weighted by molar-refractivity contribution is -0.141. The quantitative estimate of drug-likeness (QED) is 0.666. The molecule has 0 saturated carbocycles. The summed E-state index contributed by atoms with van der Waals surface area (Å²) in [5.41, 5.74) is -0.406. The van der Waals surface area contributed by atoms with E-state index in [-0.39, 0.29) is 5.65 Å². The van der Waals surface area contributed by atoms with Gasteiger partial charge in [0.05, 0.1) is 16.8 Å². The van der Waals surface area contributed by atoms with Gasteiger partial charge in [0.1, 0.15) is 11.5 Å². The number of nitrogens with zero attached hydrogens (tertiary/aromatic N) is 5. The predicted octanol–water partition coefficient (Wildman–Crippen LogP) is 2.50. The Bertz CT molecular complexity index is 1090. The lowest BCUT2D eigenvalue weighted by Gasteiger charge is -2.27. The van der Waals surface area contributed by atoms with E-state index in [1.165, 1.54) is 0 Å². The molecule has 0 N–H and O–H groups in total. The number of aromatic nitrogens is 4. The highest BCUT2D eigenvalue weighted by molar-refractivity contribution is 5.92. The lowest BCUT2D eigenvalue weighted by atomic mass is 10.0. The second-order valence-corrected chi connectivity index (χ2v) is 6.20. The Morgan fingerprint density at radius 1 is 1.23 bits per heavy atom. The zero-order valence-corrected chi connectivity index (χ0v) is 14.0. The number of likely N-dealkylation sites (N-methyl/N-ethyl adjacent to an activating group) is 1. The Hall–Kier alpha value is -2.97. The Morgan fingerprint density at radius 3 is 2.69 bits per heavy atom. The van der Waals surface area contributed by atoms with E-state index in [2.05, 4.69) is 15.0 Å². The molecule has 0 amide bonds. The monoisotopic (exact) mass is 361 g/mol. The van der Waals surface area contributed by atoms with Crippen LogP contribution >= 0.6 is 0 Å². The van der Waals surface area contributed by atoms with Gasteiger partial charge in [-0.3, -0.25) is 4.98 Å². The summed E-state index contributed by atoms with van der Waals surface area (Å²) in [6, 6.07) is 4.27. The first-order chi connectivity index (χ1) is 12.3. The summed E-state index contributed by atoms with van der Waals surface area (Å²) in [5.74, 6) is 0.352. The van der Waals surface area contributed by atoms with Crippen molar-refractivity contribution in [3.05, 3.63) is 51.8 Å². The molecule has 0 aromatic carbocycles. The van der Waals surface area contributed by atoms with E-state index in [1.807, 2.05) is 0 Å². The standard InChI is InChI=1S/C17H14F3N5O/c1-9-11(4-3-6-21-9)25-15-13-10(8-12(22-15)17(18,19)20)5-7-24(2)14(13)23-16(25)26/h3-4,6,8H,5,7H2,1-2H3. The first-order valence-electron chi connectivity index (χ1n) is 7.94. The van der Waals surface area contributed by atoms with Gasteiger partial charge < -0.3 is 4.90 Å². The van der Waals surface area contributed by atoms with E-state index in [0.717, 1.165) is 10.6 Å². The molecular formula is C17H14F3N5O. The molecule has 0 fully saturated rings. The molecule has 9 heteroatoms. The fourth-order valence-corrected chi connectivity index (χ4v) is 3.22. The second kappa shape index (κ2) is 5.52. The van der Waals surface area contributed by atoms with Crippen LogP contribution in [0.1, 0.15) is 17.0 Å². The van der Waals surface area contributed by atoms with Crippen molar-refractivity contribution in [2.24, 2.45) is 0 Å². The van der Waals surface area contributed by atoms with Gasteiger partial charge in [-0.05, 0) is 37.1 Å². The smallest absolute Gasteiger partial charge is 0.359 e. The van der Waals surface area contributed by atoms with Crippen LogP contribution in [-0.4, -0.2) is 33.1 Å². The van der Waals surface area contributed by atoms with E-state index in [0.29, 0.717) is 41.1 Å². The maximum atomic E-state index is 13.4. The number of hydrogen-bond acceptors (Lipinski definition) is 5. The number of hydrogen-bond donors (Lipinski definition) is 0. The van der Waals surface area contributed by atoms with E-state index in [4.69, 9.17) is 0 Å². The van der Waals surface area contributed by atoms with Crippen molar-refractivity contribution in [3.63, 3.8) is 0 Å². The summed E-state index contributed by atoms with van der Waals surface area (Å²) in [6.07, 6.45) is -2.65. The molecule has 134 valence electrons. The van der Waals surface area contributed by atoms with Crippen LogP contribution in [0.5, 0.6) is 0 Å². The molecule has 1 aliphatic rings. The number of pyridine rings is 2. The van der Waals surface area contributed by atoms with E-state index < -0.39 is 17.6 Å². The van der Waals surface area contributed by atoms with Crippen molar-refractivity contribution >= 4 is 16.9 Å². The molecule has 0 unspecified atom stereocenters. The highest BCUT2D eigenvalue weighted by atomic mass is 19.4. The summed E-state index contributed by atoms with van der Waals surface area (Å²) in [4.78, 5) is 26.5. The first-order valence-corrected chi connectivity index (χ1v) is 7.94. The van der Waals surface area contributed by atoms with Crippen molar-refractivity contribution in [2.75, 3.05) is 18.5 Å². The molecule has 0 radical (unpaired) electrons. The van der Waals surface area contributed by atoms with Crippen LogP contribution in [-0.2, 0) is 12.6 Å². The van der Waals surface area contributed by atoms with E-state index >= 15 is 0 Å². The predicted molar refractivity (Wildman–Crippen MR) is 89.6 cm³/mol. The topological polar surface area (TPSA) is 63.9 Å². The molecular weight excluding hydrogens is 347 g/mol. The zero-order valence-electron chi connectivity index (χ0n) is 14.0. The van der Waals surface area contributed by atoms with Crippen LogP contribution in [0.3, 0.4) is 0 Å². The Balaban J connectivity index is 2.19. The third kappa shape index (κ3) is 2.42. The van der Waals surface area contributed by atoms with Gasteiger partial charge >= 0.3 is 11.9 Å². The number of rotatable bonds is 1. The van der Waals surface area contributed by atoms with Gasteiger partial charge in [0.2, 0.25) is 0 Å². The van der Waals surface area contributed by atoms with Crippen LogP contribution in [0, 0.1) is 6.92 Å². The average molecular weight is 361 g/mol. The van der Waals surface area contributed by atoms with Crippen molar-refractivity contribution in [1.82, 2.24) is 19.5 Å². The van der Waals surface area contributed by atoms with Gasteiger partial charge in [-0.1, -0.05) is 0 Å². The van der Waals surface area contributed by atoms with Crippen molar-refractivity contribution < 1.29 is 13.2 Å². The van der Waals surface area contributed by atoms with Gasteiger partial charge in [-0.2, -0.15) is 18.2 Å². The number of alkyl halides is 3. The molecule has 4 heterocycles. The molecule has 3 aromatic rings. The van der Waals surface area contributed by atoms with Gasteiger partial charge in [0.25, 0.3) is 0 Å². The normalized spacial score (nSPS) is 14.1. The molecule has 0 aliphatic carbocycles. The summed E-state index contributed by atoms with van der Waals surface area (Å²) in [7, 11) is 1.75. The number of aryl methyl sites for hydroxylation is 1. The summed E-state index contributed by atoms with van der Waals surface area (Å²) < 4.78 is 41.2. The van der Waals surface area contributed by atoms with Crippen molar-refractivity contribution in [1.29, 1.82) is 0 Å².